The Balaban J connectivity index is 2.08. The van der Waals surface area contributed by atoms with Crippen LogP contribution in [0.2, 0.25) is 0 Å². The Morgan fingerprint density at radius 3 is 2.86 bits per heavy atom. The molecule has 2 rings (SSSR count). The second-order valence-corrected chi connectivity index (χ2v) is 6.76. The van der Waals surface area contributed by atoms with E-state index >= 15 is 0 Å². The Labute approximate surface area is 105 Å². The van der Waals surface area contributed by atoms with Crippen molar-refractivity contribution < 1.29 is 4.74 Å². The highest BCUT2D eigenvalue weighted by Gasteiger charge is 2.34. The van der Waals surface area contributed by atoms with Crippen LogP contribution in [0, 0.1) is 0 Å². The third-order valence-corrected chi connectivity index (χ3v) is 5.20. The maximum atomic E-state index is 5.85. The first-order chi connectivity index (χ1) is 6.74. The van der Waals surface area contributed by atoms with Gasteiger partial charge in [-0.1, -0.05) is 15.9 Å². The van der Waals surface area contributed by atoms with Gasteiger partial charge in [0.25, 0.3) is 0 Å². The monoisotopic (exact) mass is 338 g/mol. The Morgan fingerprint density at radius 1 is 1.50 bits per heavy atom. The minimum Gasteiger partial charge on any atom is -0.374 e. The number of alkyl halides is 1. The van der Waals surface area contributed by atoms with Crippen LogP contribution in [0.3, 0.4) is 0 Å². The highest BCUT2D eigenvalue weighted by Crippen LogP contribution is 2.34. The van der Waals surface area contributed by atoms with Gasteiger partial charge in [-0.15, -0.1) is 11.3 Å². The summed E-state index contributed by atoms with van der Waals surface area (Å²) in [4.78, 5) is 1.40. The molecule has 1 unspecified atom stereocenters. The van der Waals surface area contributed by atoms with E-state index in [9.17, 15) is 0 Å². The van der Waals surface area contributed by atoms with Crippen molar-refractivity contribution in [3.8, 4) is 0 Å². The standard InChI is InChI=1S/C10H12Br2OS/c11-7-10(4-1-5-13-10)6-8-2-3-9(12)14-8/h2-3H,1,4-7H2. The molecule has 1 aliphatic rings. The molecule has 0 N–H and O–H groups in total. The smallest absolute Gasteiger partial charge is 0.0827 e. The molecule has 0 saturated carbocycles. The van der Waals surface area contributed by atoms with Gasteiger partial charge in [-0.3, -0.25) is 0 Å². The van der Waals surface area contributed by atoms with E-state index < -0.39 is 0 Å². The van der Waals surface area contributed by atoms with E-state index in [1.807, 2.05) is 0 Å². The lowest BCUT2D eigenvalue weighted by Crippen LogP contribution is -2.32. The number of hydrogen-bond acceptors (Lipinski definition) is 2. The van der Waals surface area contributed by atoms with Gasteiger partial charge in [0.05, 0.1) is 9.39 Å². The van der Waals surface area contributed by atoms with Crippen LogP contribution in [0.1, 0.15) is 17.7 Å². The van der Waals surface area contributed by atoms with Gasteiger partial charge in [0, 0.05) is 23.2 Å². The Bertz CT molecular complexity index is 305. The van der Waals surface area contributed by atoms with Gasteiger partial charge in [0.1, 0.15) is 0 Å². The van der Waals surface area contributed by atoms with E-state index in [1.165, 1.54) is 21.5 Å². The molecule has 0 bridgehead atoms. The third-order valence-electron chi connectivity index (χ3n) is 2.55. The first-order valence-corrected chi connectivity index (χ1v) is 7.41. The van der Waals surface area contributed by atoms with Crippen molar-refractivity contribution in [3.05, 3.63) is 20.8 Å². The second-order valence-electron chi connectivity index (χ2n) is 3.65. The molecular weight excluding hydrogens is 328 g/mol. The van der Waals surface area contributed by atoms with Crippen molar-refractivity contribution in [2.45, 2.75) is 24.9 Å². The summed E-state index contributed by atoms with van der Waals surface area (Å²) in [6, 6.07) is 4.29. The first kappa shape index (κ1) is 11.1. The number of hydrogen-bond donors (Lipinski definition) is 0. The Hall–Kier alpha value is 0.620. The Morgan fingerprint density at radius 2 is 2.36 bits per heavy atom. The van der Waals surface area contributed by atoms with Gasteiger partial charge in [-0.2, -0.15) is 0 Å². The molecule has 1 saturated heterocycles. The van der Waals surface area contributed by atoms with Gasteiger partial charge in [0.2, 0.25) is 0 Å². The van der Waals surface area contributed by atoms with Crippen molar-refractivity contribution in [2.75, 3.05) is 11.9 Å². The molecule has 0 aliphatic carbocycles. The number of rotatable bonds is 3. The minimum atomic E-state index is 0.0598. The van der Waals surface area contributed by atoms with E-state index in [1.54, 1.807) is 11.3 Å². The predicted octanol–water partition coefficient (Wildman–Crippen LogP) is 4.00. The summed E-state index contributed by atoms with van der Waals surface area (Å²) < 4.78 is 7.05. The van der Waals surface area contributed by atoms with Crippen LogP contribution in [0.15, 0.2) is 15.9 Å². The zero-order valence-corrected chi connectivity index (χ0v) is 11.8. The van der Waals surface area contributed by atoms with Crippen molar-refractivity contribution in [1.29, 1.82) is 0 Å². The van der Waals surface area contributed by atoms with Crippen LogP contribution in [-0.2, 0) is 11.2 Å². The lowest BCUT2D eigenvalue weighted by Gasteiger charge is -2.25. The second kappa shape index (κ2) is 4.64. The molecule has 0 aromatic carbocycles. The van der Waals surface area contributed by atoms with Crippen LogP contribution in [0.25, 0.3) is 0 Å². The summed E-state index contributed by atoms with van der Waals surface area (Å²) >= 11 is 8.86. The fourth-order valence-corrected chi connectivity index (χ4v) is 4.07. The van der Waals surface area contributed by atoms with E-state index in [-0.39, 0.29) is 5.60 Å². The summed E-state index contributed by atoms with van der Waals surface area (Å²) in [6.45, 7) is 0.915. The van der Waals surface area contributed by atoms with Crippen molar-refractivity contribution in [3.63, 3.8) is 0 Å². The molecule has 1 aromatic heterocycles. The van der Waals surface area contributed by atoms with Crippen LogP contribution >= 0.6 is 43.2 Å². The summed E-state index contributed by atoms with van der Waals surface area (Å²) in [5, 5.41) is 0.940. The third kappa shape index (κ3) is 2.40. The summed E-state index contributed by atoms with van der Waals surface area (Å²) in [7, 11) is 0. The molecule has 1 fully saturated rings. The molecule has 4 heteroatoms. The van der Waals surface area contributed by atoms with E-state index in [0.29, 0.717) is 0 Å². The number of halogens is 2. The lowest BCUT2D eigenvalue weighted by molar-refractivity contribution is 0.0266. The number of ether oxygens (including phenoxy) is 1. The predicted molar refractivity (Wildman–Crippen MR) is 67.4 cm³/mol. The SMILES string of the molecule is BrCC1(Cc2ccc(Br)s2)CCCO1. The van der Waals surface area contributed by atoms with Crippen LogP contribution < -0.4 is 0 Å². The maximum Gasteiger partial charge on any atom is 0.0827 e. The van der Waals surface area contributed by atoms with Crippen LogP contribution in [0.5, 0.6) is 0 Å². The molecule has 1 atom stereocenters. The van der Waals surface area contributed by atoms with Gasteiger partial charge in [0.15, 0.2) is 0 Å². The fourth-order valence-electron chi connectivity index (χ4n) is 1.81. The van der Waals surface area contributed by atoms with E-state index in [2.05, 4.69) is 44.0 Å². The average molecular weight is 340 g/mol. The molecule has 1 nitrogen and oxygen atoms in total. The summed E-state index contributed by atoms with van der Waals surface area (Å²) in [5.74, 6) is 0. The van der Waals surface area contributed by atoms with Crippen molar-refractivity contribution in [2.24, 2.45) is 0 Å². The van der Waals surface area contributed by atoms with E-state index in [4.69, 9.17) is 4.74 Å². The van der Waals surface area contributed by atoms with Crippen molar-refractivity contribution >= 4 is 43.2 Å². The molecule has 0 spiro atoms. The van der Waals surface area contributed by atoms with E-state index in [0.717, 1.165) is 18.4 Å². The van der Waals surface area contributed by atoms with Gasteiger partial charge in [-0.05, 0) is 40.9 Å². The van der Waals surface area contributed by atoms with Gasteiger partial charge in [-0.25, -0.2) is 0 Å². The topological polar surface area (TPSA) is 9.23 Å². The molecule has 0 amide bonds. The molecule has 14 heavy (non-hydrogen) atoms. The molecule has 78 valence electrons. The highest BCUT2D eigenvalue weighted by atomic mass is 79.9. The molecular formula is C10H12Br2OS. The first-order valence-electron chi connectivity index (χ1n) is 4.68. The molecule has 1 aliphatic heterocycles. The van der Waals surface area contributed by atoms with Gasteiger partial charge >= 0.3 is 0 Å². The minimum absolute atomic E-state index is 0.0598. The number of thiophene rings is 1. The zero-order valence-electron chi connectivity index (χ0n) is 7.76. The van der Waals surface area contributed by atoms with Crippen LogP contribution in [-0.4, -0.2) is 17.5 Å². The molecule has 2 heterocycles. The Kier molecular flexibility index (Phi) is 3.68. The van der Waals surface area contributed by atoms with Crippen LogP contribution in [0.4, 0.5) is 0 Å². The highest BCUT2D eigenvalue weighted by molar-refractivity contribution is 9.11. The molecule has 0 radical (unpaired) electrons. The maximum absolute atomic E-state index is 5.85. The average Bonchev–Trinajstić information content (AvgIpc) is 2.77. The van der Waals surface area contributed by atoms with Gasteiger partial charge < -0.3 is 4.74 Å². The quantitative estimate of drug-likeness (QED) is 0.756. The molecule has 1 aromatic rings. The largest absolute Gasteiger partial charge is 0.374 e. The zero-order chi connectivity index (χ0) is 10.0. The summed E-state index contributed by atoms with van der Waals surface area (Å²) in [6.07, 6.45) is 3.40. The van der Waals surface area contributed by atoms with Crippen molar-refractivity contribution in [1.82, 2.24) is 0 Å². The normalized spacial score (nSPS) is 27.0. The lowest BCUT2D eigenvalue weighted by atomic mass is 9.98. The fraction of sp³-hybridized carbons (Fsp3) is 0.600. The summed E-state index contributed by atoms with van der Waals surface area (Å²) in [5.41, 5.74) is 0.0598.